The lowest BCUT2D eigenvalue weighted by Gasteiger charge is -2.10. The zero-order valence-electron chi connectivity index (χ0n) is 6.74. The number of aliphatic hydroxyl groups excluding tert-OH is 1. The Balaban J connectivity index is 2.93. The molecule has 0 amide bonds. The van der Waals surface area contributed by atoms with Crippen molar-refractivity contribution in [2.24, 2.45) is 0 Å². The first-order chi connectivity index (χ1) is 5.25. The normalized spacial score (nSPS) is 13.0. The number of methoxy groups -OCH3 is 1. The van der Waals surface area contributed by atoms with Crippen LogP contribution in [0.4, 0.5) is 0 Å². The monoisotopic (exact) mass is 152 g/mol. The lowest BCUT2D eigenvalue weighted by atomic mass is 10.1. The zero-order valence-corrected chi connectivity index (χ0v) is 6.74. The highest BCUT2D eigenvalue weighted by molar-refractivity contribution is 5.26. The van der Waals surface area contributed by atoms with Gasteiger partial charge in [0.05, 0.1) is 0 Å². The van der Waals surface area contributed by atoms with Gasteiger partial charge in [0.1, 0.15) is 0 Å². The molecule has 1 aromatic rings. The summed E-state index contributed by atoms with van der Waals surface area (Å²) in [4.78, 5) is 0. The summed E-state index contributed by atoms with van der Waals surface area (Å²) < 4.78 is 4.77. The van der Waals surface area contributed by atoms with Gasteiger partial charge in [0, 0.05) is 12.7 Å². The van der Waals surface area contributed by atoms with E-state index in [0.29, 0.717) is 0 Å². The third-order valence-electron chi connectivity index (χ3n) is 1.68. The Hall–Kier alpha value is -0.860. The minimum atomic E-state index is -0.795. The lowest BCUT2D eigenvalue weighted by Crippen LogP contribution is -2.01. The van der Waals surface area contributed by atoms with Crippen molar-refractivity contribution in [3.63, 3.8) is 0 Å². The van der Waals surface area contributed by atoms with Crippen LogP contribution in [-0.2, 0) is 4.74 Å². The van der Waals surface area contributed by atoms with Crippen LogP contribution >= 0.6 is 0 Å². The minimum Gasteiger partial charge on any atom is -0.364 e. The summed E-state index contributed by atoms with van der Waals surface area (Å²) in [6.45, 7) is 1.94. The molecule has 1 rings (SSSR count). The van der Waals surface area contributed by atoms with Gasteiger partial charge in [-0.25, -0.2) is 0 Å². The van der Waals surface area contributed by atoms with Crippen LogP contribution in [0.25, 0.3) is 0 Å². The van der Waals surface area contributed by atoms with Gasteiger partial charge in [0.15, 0.2) is 6.29 Å². The highest BCUT2D eigenvalue weighted by atomic mass is 16.6. The molecule has 0 aliphatic rings. The van der Waals surface area contributed by atoms with Gasteiger partial charge in [0.25, 0.3) is 0 Å². The molecule has 1 N–H and O–H groups in total. The number of hydrogen-bond donors (Lipinski definition) is 1. The van der Waals surface area contributed by atoms with Crippen molar-refractivity contribution in [3.8, 4) is 0 Å². The first kappa shape index (κ1) is 8.24. The third kappa shape index (κ3) is 1.79. The van der Waals surface area contributed by atoms with E-state index in [1.54, 1.807) is 0 Å². The molecule has 0 spiro atoms. The molecule has 2 heteroatoms. The Morgan fingerprint density at radius 3 is 2.55 bits per heavy atom. The van der Waals surface area contributed by atoms with Crippen molar-refractivity contribution in [1.29, 1.82) is 0 Å². The van der Waals surface area contributed by atoms with Crippen molar-refractivity contribution < 1.29 is 9.84 Å². The van der Waals surface area contributed by atoms with Gasteiger partial charge in [-0.15, -0.1) is 0 Å². The van der Waals surface area contributed by atoms with E-state index >= 15 is 0 Å². The molecule has 60 valence electrons. The van der Waals surface area contributed by atoms with Crippen LogP contribution in [0.5, 0.6) is 0 Å². The van der Waals surface area contributed by atoms with Crippen LogP contribution in [0.2, 0.25) is 0 Å². The Morgan fingerprint density at radius 1 is 1.36 bits per heavy atom. The number of rotatable bonds is 2. The molecule has 0 fully saturated rings. The Labute approximate surface area is 66.4 Å². The second-order valence-corrected chi connectivity index (χ2v) is 2.44. The first-order valence-corrected chi connectivity index (χ1v) is 3.52. The SMILES string of the molecule is COC(O)c1ccccc1C. The van der Waals surface area contributed by atoms with Crippen LogP contribution < -0.4 is 0 Å². The van der Waals surface area contributed by atoms with Gasteiger partial charge < -0.3 is 9.84 Å². The average molecular weight is 152 g/mol. The molecule has 2 nitrogen and oxygen atoms in total. The number of benzene rings is 1. The molecule has 0 saturated carbocycles. The van der Waals surface area contributed by atoms with Crippen molar-refractivity contribution in [3.05, 3.63) is 35.4 Å². The molecule has 0 aliphatic carbocycles. The van der Waals surface area contributed by atoms with Crippen molar-refractivity contribution in [2.45, 2.75) is 13.2 Å². The largest absolute Gasteiger partial charge is 0.364 e. The standard InChI is InChI=1S/C9H12O2/c1-7-5-3-4-6-8(7)9(10)11-2/h3-6,9-10H,1-2H3. The van der Waals surface area contributed by atoms with Crippen LogP contribution in [0.3, 0.4) is 0 Å². The highest BCUT2D eigenvalue weighted by Crippen LogP contribution is 2.16. The van der Waals surface area contributed by atoms with Gasteiger partial charge in [-0.2, -0.15) is 0 Å². The summed E-state index contributed by atoms with van der Waals surface area (Å²) in [5, 5.41) is 9.29. The predicted octanol–water partition coefficient (Wildman–Crippen LogP) is 1.63. The Morgan fingerprint density at radius 2 is 2.00 bits per heavy atom. The fraction of sp³-hybridized carbons (Fsp3) is 0.333. The number of aliphatic hydroxyl groups is 1. The van der Waals surface area contributed by atoms with Crippen molar-refractivity contribution in [2.75, 3.05) is 7.11 Å². The van der Waals surface area contributed by atoms with Crippen molar-refractivity contribution in [1.82, 2.24) is 0 Å². The Bertz CT molecular complexity index is 233. The molecular weight excluding hydrogens is 140 g/mol. The maximum atomic E-state index is 9.29. The second kappa shape index (κ2) is 3.51. The minimum absolute atomic E-state index is 0.795. The fourth-order valence-corrected chi connectivity index (χ4v) is 0.991. The molecular formula is C9H12O2. The number of hydrogen-bond acceptors (Lipinski definition) is 2. The topological polar surface area (TPSA) is 29.5 Å². The fourth-order valence-electron chi connectivity index (χ4n) is 0.991. The van der Waals surface area contributed by atoms with E-state index in [0.717, 1.165) is 11.1 Å². The molecule has 1 aromatic carbocycles. The summed E-state index contributed by atoms with van der Waals surface area (Å²) >= 11 is 0. The van der Waals surface area contributed by atoms with E-state index < -0.39 is 6.29 Å². The maximum Gasteiger partial charge on any atom is 0.181 e. The molecule has 11 heavy (non-hydrogen) atoms. The molecule has 0 aromatic heterocycles. The van der Waals surface area contributed by atoms with E-state index in [1.165, 1.54) is 7.11 Å². The Kier molecular flexibility index (Phi) is 2.63. The molecule has 0 aliphatic heterocycles. The van der Waals surface area contributed by atoms with Crippen LogP contribution in [0, 0.1) is 6.92 Å². The van der Waals surface area contributed by atoms with E-state index in [-0.39, 0.29) is 0 Å². The highest BCUT2D eigenvalue weighted by Gasteiger charge is 2.06. The van der Waals surface area contributed by atoms with Crippen LogP contribution in [0.1, 0.15) is 17.4 Å². The van der Waals surface area contributed by atoms with E-state index in [4.69, 9.17) is 4.74 Å². The molecule has 0 saturated heterocycles. The predicted molar refractivity (Wildman–Crippen MR) is 43.1 cm³/mol. The summed E-state index contributed by atoms with van der Waals surface area (Å²) in [7, 11) is 1.48. The molecule has 1 unspecified atom stereocenters. The van der Waals surface area contributed by atoms with E-state index in [9.17, 15) is 5.11 Å². The van der Waals surface area contributed by atoms with Gasteiger partial charge in [-0.3, -0.25) is 0 Å². The van der Waals surface area contributed by atoms with Gasteiger partial charge >= 0.3 is 0 Å². The zero-order chi connectivity index (χ0) is 8.27. The molecule has 1 atom stereocenters. The second-order valence-electron chi connectivity index (χ2n) is 2.44. The van der Waals surface area contributed by atoms with Gasteiger partial charge in [-0.05, 0) is 12.5 Å². The summed E-state index contributed by atoms with van der Waals surface area (Å²) in [5.41, 5.74) is 1.87. The van der Waals surface area contributed by atoms with Crippen molar-refractivity contribution >= 4 is 0 Å². The molecule has 0 heterocycles. The maximum absolute atomic E-state index is 9.29. The summed E-state index contributed by atoms with van der Waals surface area (Å²) in [6, 6.07) is 7.60. The van der Waals surface area contributed by atoms with Crippen LogP contribution in [0.15, 0.2) is 24.3 Å². The molecule has 0 radical (unpaired) electrons. The lowest BCUT2D eigenvalue weighted by molar-refractivity contribution is -0.0773. The van der Waals surface area contributed by atoms with E-state index in [2.05, 4.69) is 0 Å². The third-order valence-corrected chi connectivity index (χ3v) is 1.68. The summed E-state index contributed by atoms with van der Waals surface area (Å²) in [6.07, 6.45) is -0.795. The average Bonchev–Trinajstić information content (AvgIpc) is 2.04. The smallest absolute Gasteiger partial charge is 0.181 e. The molecule has 0 bridgehead atoms. The van der Waals surface area contributed by atoms with Gasteiger partial charge in [-0.1, -0.05) is 24.3 Å². The summed E-state index contributed by atoms with van der Waals surface area (Å²) in [5.74, 6) is 0. The first-order valence-electron chi connectivity index (χ1n) is 3.52. The quantitative estimate of drug-likeness (QED) is 0.653. The van der Waals surface area contributed by atoms with Gasteiger partial charge in [0.2, 0.25) is 0 Å². The number of aryl methyl sites for hydroxylation is 1. The van der Waals surface area contributed by atoms with E-state index in [1.807, 2.05) is 31.2 Å². The number of ether oxygens (including phenoxy) is 1. The van der Waals surface area contributed by atoms with Crippen LogP contribution in [-0.4, -0.2) is 12.2 Å².